The lowest BCUT2D eigenvalue weighted by atomic mass is 9.79. The van der Waals surface area contributed by atoms with Gasteiger partial charge in [0, 0.05) is 59.0 Å². The van der Waals surface area contributed by atoms with Gasteiger partial charge in [-0.25, -0.2) is 0 Å². The number of methoxy groups -OCH3 is 4. The smallest absolute Gasteiger partial charge is 0.177 e. The summed E-state index contributed by atoms with van der Waals surface area (Å²) in [5.74, 6) is -3.27. The van der Waals surface area contributed by atoms with Crippen molar-refractivity contribution < 1.29 is 58.0 Å². The van der Waals surface area contributed by atoms with E-state index in [1.807, 2.05) is 20.8 Å². The molecule has 0 bridgehead atoms. The van der Waals surface area contributed by atoms with E-state index in [9.17, 15) is 15.3 Å². The number of rotatable bonds is 10. The lowest BCUT2D eigenvalue weighted by molar-refractivity contribution is -0.339. The van der Waals surface area contributed by atoms with Crippen molar-refractivity contribution in [2.75, 3.05) is 28.4 Å². The van der Waals surface area contributed by atoms with Crippen LogP contribution >= 0.6 is 0 Å². The van der Waals surface area contributed by atoms with E-state index in [1.165, 1.54) is 0 Å². The summed E-state index contributed by atoms with van der Waals surface area (Å²) in [5.41, 5.74) is -0.841. The van der Waals surface area contributed by atoms with E-state index < -0.39 is 53.6 Å². The second kappa shape index (κ2) is 14.0. The molecule has 0 amide bonds. The van der Waals surface area contributed by atoms with Crippen LogP contribution in [0.5, 0.6) is 0 Å². The molecule has 268 valence electrons. The SMILES string of the molecule is CO[C@H]1C[C@H]([C@@H](O)[C@H](OC)[C@H](C)OC)O[C@@]2(C1)O[C@](C)([C@H]1CC[C@@H]([C@H]3CC[C@H]([C@H]4O[C@](C)(O)C(C)[C@@H](O)[C@@H]4C)O3)O1)[C@H](OC)[C@H]2C. The fourth-order valence-corrected chi connectivity index (χ4v) is 9.09. The molecule has 0 radical (unpaired) electrons. The van der Waals surface area contributed by atoms with Crippen LogP contribution < -0.4 is 0 Å². The molecule has 46 heavy (non-hydrogen) atoms. The molecule has 12 heteroatoms. The summed E-state index contributed by atoms with van der Waals surface area (Å²) < 4.78 is 56.4. The van der Waals surface area contributed by atoms with Crippen LogP contribution in [-0.2, 0) is 42.6 Å². The van der Waals surface area contributed by atoms with Crippen LogP contribution in [0.15, 0.2) is 0 Å². The molecule has 0 aromatic carbocycles. The standard InChI is InChI=1S/C34H60O12/c1-17-27(35)18(2)33(6,37)45-29(17)24-12-11-22(42-24)23-13-14-26(43-23)32(5)31(41-10)19(3)34(46-32)16-21(39-8)15-25(44-34)28(36)30(40-9)20(4)38-7/h17-31,35-37H,11-16H2,1-10H3/t17-,18?,19+,20-,21-,22+,23-,24+,25+,26+,27-,28+,29-,30+,31+,32+,33-,34-/m0/s1. The number of hydrogen-bond donors (Lipinski definition) is 3. The molecule has 5 rings (SSSR count). The van der Waals surface area contributed by atoms with Gasteiger partial charge in [-0.05, 0) is 46.5 Å². The summed E-state index contributed by atoms with van der Waals surface area (Å²) in [6.45, 7) is 11.3. The van der Waals surface area contributed by atoms with E-state index in [2.05, 4.69) is 6.92 Å². The average Bonchev–Trinajstić information content (AvgIpc) is 3.76. The monoisotopic (exact) mass is 660 g/mol. The maximum atomic E-state index is 11.4. The molecule has 18 atom stereocenters. The first-order chi connectivity index (χ1) is 21.7. The zero-order chi connectivity index (χ0) is 33.8. The topological polar surface area (TPSA) is 144 Å². The molecule has 5 heterocycles. The molecule has 0 aromatic heterocycles. The van der Waals surface area contributed by atoms with Gasteiger partial charge in [-0.2, -0.15) is 0 Å². The summed E-state index contributed by atoms with van der Waals surface area (Å²) in [4.78, 5) is 0. The summed E-state index contributed by atoms with van der Waals surface area (Å²) in [6.07, 6.45) is -0.921. The molecule has 3 N–H and O–H groups in total. The number of aliphatic hydroxyl groups excluding tert-OH is 2. The van der Waals surface area contributed by atoms with Crippen molar-refractivity contribution in [2.45, 2.75) is 170 Å². The highest BCUT2D eigenvalue weighted by Gasteiger charge is 2.67. The van der Waals surface area contributed by atoms with Gasteiger partial charge in [0.2, 0.25) is 0 Å². The van der Waals surface area contributed by atoms with Gasteiger partial charge >= 0.3 is 0 Å². The van der Waals surface area contributed by atoms with E-state index in [4.69, 9.17) is 42.6 Å². The van der Waals surface area contributed by atoms with E-state index in [0.717, 1.165) is 25.7 Å². The first-order valence-corrected chi connectivity index (χ1v) is 17.2. The Hall–Kier alpha value is -0.480. The van der Waals surface area contributed by atoms with Gasteiger partial charge in [0.05, 0.1) is 61.0 Å². The molecule has 5 fully saturated rings. The summed E-state index contributed by atoms with van der Waals surface area (Å²) in [6, 6.07) is 0. The Morgan fingerprint density at radius 3 is 2.11 bits per heavy atom. The Balaban J connectivity index is 1.29. The predicted octanol–water partition coefficient (Wildman–Crippen LogP) is 2.56. The van der Waals surface area contributed by atoms with Crippen molar-refractivity contribution in [2.24, 2.45) is 17.8 Å². The van der Waals surface area contributed by atoms with Crippen molar-refractivity contribution in [3.63, 3.8) is 0 Å². The summed E-state index contributed by atoms with van der Waals surface area (Å²) in [7, 11) is 6.51. The van der Waals surface area contributed by atoms with Crippen LogP contribution in [0.2, 0.25) is 0 Å². The molecule has 12 nitrogen and oxygen atoms in total. The van der Waals surface area contributed by atoms with Crippen molar-refractivity contribution in [3.05, 3.63) is 0 Å². The van der Waals surface area contributed by atoms with Crippen LogP contribution in [0, 0.1) is 17.8 Å². The number of ether oxygens (including phenoxy) is 9. The zero-order valence-electron chi connectivity index (χ0n) is 29.4. The molecule has 5 saturated heterocycles. The Kier molecular flexibility index (Phi) is 11.2. The number of hydrogen-bond acceptors (Lipinski definition) is 12. The molecule has 0 aliphatic carbocycles. The molecule has 5 aliphatic rings. The van der Waals surface area contributed by atoms with Crippen LogP contribution in [0.25, 0.3) is 0 Å². The van der Waals surface area contributed by atoms with E-state index in [-0.39, 0.29) is 54.6 Å². The lowest BCUT2D eigenvalue weighted by Gasteiger charge is -2.47. The lowest BCUT2D eigenvalue weighted by Crippen LogP contribution is -2.58. The predicted molar refractivity (Wildman–Crippen MR) is 166 cm³/mol. The minimum Gasteiger partial charge on any atom is -0.392 e. The van der Waals surface area contributed by atoms with Gasteiger partial charge < -0.3 is 58.0 Å². The summed E-state index contributed by atoms with van der Waals surface area (Å²) >= 11 is 0. The van der Waals surface area contributed by atoms with Gasteiger partial charge in [0.1, 0.15) is 17.8 Å². The largest absolute Gasteiger partial charge is 0.392 e. The Labute approximate surface area is 274 Å². The molecule has 1 unspecified atom stereocenters. The highest BCUT2D eigenvalue weighted by atomic mass is 16.7. The van der Waals surface area contributed by atoms with E-state index in [0.29, 0.717) is 12.8 Å². The van der Waals surface area contributed by atoms with Gasteiger partial charge in [-0.3, -0.25) is 0 Å². The maximum absolute atomic E-state index is 11.4. The maximum Gasteiger partial charge on any atom is 0.177 e. The Morgan fingerprint density at radius 1 is 0.826 bits per heavy atom. The van der Waals surface area contributed by atoms with Gasteiger partial charge in [-0.1, -0.05) is 20.8 Å². The van der Waals surface area contributed by atoms with Crippen LogP contribution in [0.1, 0.15) is 80.1 Å². The first kappa shape index (κ1) is 36.8. The van der Waals surface area contributed by atoms with Crippen LogP contribution in [-0.4, -0.2) is 134 Å². The highest BCUT2D eigenvalue weighted by Crippen LogP contribution is 2.54. The average molecular weight is 661 g/mol. The Morgan fingerprint density at radius 2 is 1.48 bits per heavy atom. The molecular formula is C34H60O12. The fraction of sp³-hybridized carbons (Fsp3) is 1.00. The van der Waals surface area contributed by atoms with Crippen molar-refractivity contribution in [1.29, 1.82) is 0 Å². The quantitative estimate of drug-likeness (QED) is 0.317. The third-order valence-corrected chi connectivity index (χ3v) is 12.2. The molecular weight excluding hydrogens is 600 g/mol. The minimum atomic E-state index is -1.42. The van der Waals surface area contributed by atoms with Gasteiger partial charge in [-0.15, -0.1) is 0 Å². The third-order valence-electron chi connectivity index (χ3n) is 12.2. The van der Waals surface area contributed by atoms with Gasteiger partial charge in [0.15, 0.2) is 11.6 Å². The van der Waals surface area contributed by atoms with E-state index >= 15 is 0 Å². The first-order valence-electron chi connectivity index (χ1n) is 17.2. The molecule has 1 spiro atoms. The van der Waals surface area contributed by atoms with E-state index in [1.54, 1.807) is 42.3 Å². The zero-order valence-corrected chi connectivity index (χ0v) is 29.4. The second-order valence-electron chi connectivity index (χ2n) is 14.9. The Bertz CT molecular complexity index is 1010. The molecule has 0 aromatic rings. The van der Waals surface area contributed by atoms with Crippen LogP contribution in [0.4, 0.5) is 0 Å². The second-order valence-corrected chi connectivity index (χ2v) is 14.9. The van der Waals surface area contributed by atoms with Gasteiger partial charge in [0.25, 0.3) is 0 Å². The normalized spacial score (nSPS) is 51.8. The number of aliphatic hydroxyl groups is 3. The van der Waals surface area contributed by atoms with Crippen molar-refractivity contribution in [3.8, 4) is 0 Å². The third kappa shape index (κ3) is 6.44. The van der Waals surface area contributed by atoms with Crippen molar-refractivity contribution in [1.82, 2.24) is 0 Å². The van der Waals surface area contributed by atoms with Crippen molar-refractivity contribution >= 4 is 0 Å². The molecule has 5 aliphatic heterocycles. The molecule has 0 saturated carbocycles. The minimum absolute atomic E-state index is 0.137. The van der Waals surface area contributed by atoms with Crippen LogP contribution in [0.3, 0.4) is 0 Å². The highest BCUT2D eigenvalue weighted by molar-refractivity contribution is 5.10. The fourth-order valence-electron chi connectivity index (χ4n) is 9.09. The summed E-state index contributed by atoms with van der Waals surface area (Å²) in [5, 5.41) is 33.1.